The highest BCUT2D eigenvalue weighted by Gasteiger charge is 2.29. The molecule has 7 heteroatoms. The molecule has 0 aliphatic carbocycles. The van der Waals surface area contributed by atoms with Crippen LogP contribution in [-0.4, -0.2) is 36.7 Å². The first kappa shape index (κ1) is 20.5. The van der Waals surface area contributed by atoms with Gasteiger partial charge in [-0.25, -0.2) is 8.42 Å². The first-order valence-corrected chi connectivity index (χ1v) is 11.1. The third kappa shape index (κ3) is 5.39. The van der Waals surface area contributed by atoms with Gasteiger partial charge in [0.15, 0.2) is 0 Å². The summed E-state index contributed by atoms with van der Waals surface area (Å²) >= 11 is 0. The van der Waals surface area contributed by atoms with E-state index in [-0.39, 0.29) is 5.91 Å². The van der Waals surface area contributed by atoms with Crippen molar-refractivity contribution in [2.24, 2.45) is 5.92 Å². The zero-order valence-corrected chi connectivity index (χ0v) is 17.0. The van der Waals surface area contributed by atoms with E-state index in [0.717, 1.165) is 30.5 Å². The minimum absolute atomic E-state index is 0.0142. The summed E-state index contributed by atoms with van der Waals surface area (Å²) in [6.45, 7) is 3.40. The summed E-state index contributed by atoms with van der Waals surface area (Å²) in [5.74, 6) is 0.394. The number of aryl methyl sites for hydroxylation is 1. The zero-order valence-electron chi connectivity index (χ0n) is 16.2. The zero-order chi connectivity index (χ0) is 20.0. The molecular weight excluding hydrogens is 374 g/mol. The fourth-order valence-corrected chi connectivity index (χ4v) is 4.88. The van der Waals surface area contributed by atoms with E-state index in [1.807, 2.05) is 37.3 Å². The Morgan fingerprint density at radius 2 is 1.86 bits per heavy atom. The highest BCUT2D eigenvalue weighted by atomic mass is 32.2. The number of rotatable bonds is 7. The van der Waals surface area contributed by atoms with E-state index >= 15 is 0 Å². The van der Waals surface area contributed by atoms with Crippen LogP contribution in [0.3, 0.4) is 0 Å². The third-order valence-electron chi connectivity index (χ3n) is 5.20. The van der Waals surface area contributed by atoms with Gasteiger partial charge in [0.2, 0.25) is 15.9 Å². The van der Waals surface area contributed by atoms with E-state index in [1.54, 1.807) is 22.6 Å². The molecule has 150 valence electrons. The Bertz CT molecular complexity index is 875. The Labute approximate surface area is 167 Å². The Morgan fingerprint density at radius 3 is 2.50 bits per heavy atom. The summed E-state index contributed by atoms with van der Waals surface area (Å²) in [7, 11) is -3.43. The molecule has 1 aliphatic heterocycles. The summed E-state index contributed by atoms with van der Waals surface area (Å²) in [5, 5.41) is 2.89. The van der Waals surface area contributed by atoms with Crippen molar-refractivity contribution in [3.05, 3.63) is 59.9 Å². The fourth-order valence-electron chi connectivity index (χ4n) is 3.41. The SMILES string of the molecule is Cc1ccc(S(=O)(=O)N2CCC(CCC(=O)NCc3ccccn3)CC2)cc1. The van der Waals surface area contributed by atoms with Crippen LogP contribution in [0.15, 0.2) is 53.6 Å². The molecular formula is C21H27N3O3S. The number of piperidine rings is 1. The van der Waals surface area contributed by atoms with Crippen LogP contribution in [0.4, 0.5) is 0 Å². The molecule has 2 heterocycles. The molecule has 6 nitrogen and oxygen atoms in total. The molecule has 1 N–H and O–H groups in total. The molecule has 0 unspecified atom stereocenters. The molecule has 3 rings (SSSR count). The second kappa shape index (κ2) is 9.30. The van der Waals surface area contributed by atoms with Gasteiger partial charge in [0.25, 0.3) is 0 Å². The molecule has 0 bridgehead atoms. The fraction of sp³-hybridized carbons (Fsp3) is 0.429. The van der Waals surface area contributed by atoms with Gasteiger partial charge in [0.05, 0.1) is 17.1 Å². The molecule has 1 saturated heterocycles. The topological polar surface area (TPSA) is 79.4 Å². The van der Waals surface area contributed by atoms with Crippen molar-refractivity contribution in [2.45, 2.75) is 44.0 Å². The van der Waals surface area contributed by atoms with Gasteiger partial charge >= 0.3 is 0 Å². The monoisotopic (exact) mass is 401 g/mol. The lowest BCUT2D eigenvalue weighted by atomic mass is 9.93. The van der Waals surface area contributed by atoms with Gasteiger partial charge in [-0.2, -0.15) is 4.31 Å². The van der Waals surface area contributed by atoms with Crippen LogP contribution in [0.5, 0.6) is 0 Å². The van der Waals surface area contributed by atoms with Crippen molar-refractivity contribution < 1.29 is 13.2 Å². The van der Waals surface area contributed by atoms with E-state index in [0.29, 0.717) is 36.9 Å². The lowest BCUT2D eigenvalue weighted by Crippen LogP contribution is -2.38. The highest BCUT2D eigenvalue weighted by Crippen LogP contribution is 2.26. The summed E-state index contributed by atoms with van der Waals surface area (Å²) < 4.78 is 27.1. The van der Waals surface area contributed by atoms with E-state index in [4.69, 9.17) is 0 Å². The Morgan fingerprint density at radius 1 is 1.14 bits per heavy atom. The lowest BCUT2D eigenvalue weighted by molar-refractivity contribution is -0.121. The van der Waals surface area contributed by atoms with Crippen molar-refractivity contribution >= 4 is 15.9 Å². The minimum atomic E-state index is -3.43. The molecule has 1 aromatic carbocycles. The van der Waals surface area contributed by atoms with E-state index in [2.05, 4.69) is 10.3 Å². The molecule has 0 saturated carbocycles. The number of hydrogen-bond donors (Lipinski definition) is 1. The molecule has 0 spiro atoms. The molecule has 1 fully saturated rings. The molecule has 1 amide bonds. The van der Waals surface area contributed by atoms with E-state index in [9.17, 15) is 13.2 Å². The average Bonchev–Trinajstić information content (AvgIpc) is 2.72. The summed E-state index contributed by atoms with van der Waals surface area (Å²) in [6.07, 6.45) is 4.53. The average molecular weight is 402 g/mol. The second-order valence-electron chi connectivity index (χ2n) is 7.30. The van der Waals surface area contributed by atoms with Crippen molar-refractivity contribution in [2.75, 3.05) is 13.1 Å². The van der Waals surface area contributed by atoms with Crippen molar-refractivity contribution in [1.82, 2.24) is 14.6 Å². The molecule has 28 heavy (non-hydrogen) atoms. The number of amides is 1. The van der Waals surface area contributed by atoms with Crippen molar-refractivity contribution in [1.29, 1.82) is 0 Å². The predicted molar refractivity (Wildman–Crippen MR) is 108 cm³/mol. The van der Waals surface area contributed by atoms with Crippen LogP contribution in [0.25, 0.3) is 0 Å². The molecule has 0 atom stereocenters. The summed E-state index contributed by atoms with van der Waals surface area (Å²) in [6, 6.07) is 12.6. The first-order chi connectivity index (χ1) is 13.4. The highest BCUT2D eigenvalue weighted by molar-refractivity contribution is 7.89. The largest absolute Gasteiger partial charge is 0.350 e. The van der Waals surface area contributed by atoms with Crippen molar-refractivity contribution in [3.8, 4) is 0 Å². The Hall–Kier alpha value is -2.25. The second-order valence-corrected chi connectivity index (χ2v) is 9.23. The quantitative estimate of drug-likeness (QED) is 0.774. The third-order valence-corrected chi connectivity index (χ3v) is 7.12. The van der Waals surface area contributed by atoms with Gasteiger partial charge in [-0.3, -0.25) is 9.78 Å². The van der Waals surface area contributed by atoms with Gasteiger partial charge in [-0.15, -0.1) is 0 Å². The van der Waals surface area contributed by atoms with Gasteiger partial charge in [-0.05, 0) is 56.4 Å². The van der Waals surface area contributed by atoms with Crippen LogP contribution in [0, 0.1) is 12.8 Å². The Kier molecular flexibility index (Phi) is 6.80. The van der Waals surface area contributed by atoms with Crippen LogP contribution < -0.4 is 5.32 Å². The van der Waals surface area contributed by atoms with Crippen LogP contribution in [0.1, 0.15) is 36.9 Å². The normalized spacial score (nSPS) is 16.0. The maximum absolute atomic E-state index is 12.7. The first-order valence-electron chi connectivity index (χ1n) is 9.68. The van der Waals surface area contributed by atoms with Crippen LogP contribution in [0.2, 0.25) is 0 Å². The molecule has 2 aromatic rings. The summed E-state index contributed by atoms with van der Waals surface area (Å²) in [4.78, 5) is 16.6. The van der Waals surface area contributed by atoms with E-state index < -0.39 is 10.0 Å². The van der Waals surface area contributed by atoms with Gasteiger partial charge in [0, 0.05) is 25.7 Å². The van der Waals surface area contributed by atoms with E-state index in [1.165, 1.54) is 0 Å². The number of pyridine rings is 1. The molecule has 0 radical (unpaired) electrons. The predicted octanol–water partition coefficient (Wildman–Crippen LogP) is 2.89. The molecule has 1 aromatic heterocycles. The molecule has 1 aliphatic rings. The number of nitrogens with zero attached hydrogens (tertiary/aromatic N) is 2. The number of aromatic nitrogens is 1. The maximum Gasteiger partial charge on any atom is 0.243 e. The number of hydrogen-bond acceptors (Lipinski definition) is 4. The minimum Gasteiger partial charge on any atom is -0.350 e. The van der Waals surface area contributed by atoms with Gasteiger partial charge < -0.3 is 5.32 Å². The van der Waals surface area contributed by atoms with Crippen LogP contribution >= 0.6 is 0 Å². The lowest BCUT2D eigenvalue weighted by Gasteiger charge is -2.31. The Balaban J connectivity index is 1.42. The maximum atomic E-state index is 12.7. The van der Waals surface area contributed by atoms with Crippen molar-refractivity contribution in [3.63, 3.8) is 0 Å². The number of benzene rings is 1. The summed E-state index contributed by atoms with van der Waals surface area (Å²) in [5.41, 5.74) is 1.88. The smallest absolute Gasteiger partial charge is 0.243 e. The van der Waals surface area contributed by atoms with Gasteiger partial charge in [0.1, 0.15) is 0 Å². The number of carbonyl (C=O) groups excluding carboxylic acids is 1. The number of sulfonamides is 1. The number of carbonyl (C=O) groups is 1. The van der Waals surface area contributed by atoms with Gasteiger partial charge in [-0.1, -0.05) is 23.8 Å². The van der Waals surface area contributed by atoms with Crippen LogP contribution in [-0.2, 0) is 21.4 Å². The standard InChI is InChI=1S/C21H27N3O3S/c1-17-5-8-20(9-6-17)28(26,27)24-14-11-18(12-15-24)7-10-21(25)23-16-19-4-2-3-13-22-19/h2-6,8-9,13,18H,7,10-12,14-16H2,1H3,(H,23,25). The number of nitrogens with one attached hydrogen (secondary N) is 1.